The Hall–Kier alpha value is -1.75. The van der Waals surface area contributed by atoms with Gasteiger partial charge in [0.15, 0.2) is 5.96 Å². The van der Waals surface area contributed by atoms with Crippen molar-refractivity contribution in [3.63, 3.8) is 0 Å². The van der Waals surface area contributed by atoms with Gasteiger partial charge in [0.2, 0.25) is 0 Å². The van der Waals surface area contributed by atoms with Gasteiger partial charge in [0, 0.05) is 24.7 Å². The number of aliphatic imine (C=N–C) groups is 1. The van der Waals surface area contributed by atoms with E-state index < -0.39 is 0 Å². The summed E-state index contributed by atoms with van der Waals surface area (Å²) in [7, 11) is 1.70. The topological polar surface area (TPSA) is 48.9 Å². The van der Waals surface area contributed by atoms with Crippen molar-refractivity contribution < 1.29 is 4.74 Å². The number of methoxy groups -OCH3 is 1. The number of nitrogens with zero attached hydrogens (tertiary/aromatic N) is 2. The van der Waals surface area contributed by atoms with Crippen LogP contribution in [0.2, 0.25) is 0 Å². The number of benzene rings is 1. The van der Waals surface area contributed by atoms with Gasteiger partial charge in [-0.2, -0.15) is 0 Å². The largest absolute Gasteiger partial charge is 0.496 e. The molecule has 23 heavy (non-hydrogen) atoms. The van der Waals surface area contributed by atoms with Crippen molar-refractivity contribution in [2.75, 3.05) is 33.3 Å². The number of rotatable bonds is 7. The minimum absolute atomic E-state index is 0.613. The first-order chi connectivity index (χ1) is 11.3. The molecule has 0 radical (unpaired) electrons. The van der Waals surface area contributed by atoms with Crippen molar-refractivity contribution in [1.29, 1.82) is 0 Å². The minimum Gasteiger partial charge on any atom is -0.496 e. The molecule has 0 bridgehead atoms. The highest BCUT2D eigenvalue weighted by molar-refractivity contribution is 5.79. The van der Waals surface area contributed by atoms with Crippen molar-refractivity contribution >= 4 is 5.96 Å². The van der Waals surface area contributed by atoms with Crippen LogP contribution < -0.4 is 15.4 Å². The molecule has 0 spiro atoms. The van der Waals surface area contributed by atoms with E-state index in [-0.39, 0.29) is 0 Å². The SMILES string of the molecule is CCNC(=NCc1ccccc1OC)NCC1CCCN1CC. The molecule has 1 unspecified atom stereocenters. The molecule has 1 fully saturated rings. The summed E-state index contributed by atoms with van der Waals surface area (Å²) in [4.78, 5) is 7.24. The first-order valence-electron chi connectivity index (χ1n) is 8.66. The fraction of sp³-hybridized carbons (Fsp3) is 0.611. The van der Waals surface area contributed by atoms with Gasteiger partial charge >= 0.3 is 0 Å². The molecule has 2 N–H and O–H groups in total. The average Bonchev–Trinajstić information content (AvgIpc) is 3.05. The number of likely N-dealkylation sites (tertiary alicyclic amines) is 1. The molecule has 1 saturated heterocycles. The first kappa shape index (κ1) is 17.6. The summed E-state index contributed by atoms with van der Waals surface area (Å²) in [6.07, 6.45) is 2.57. The van der Waals surface area contributed by atoms with E-state index in [1.165, 1.54) is 19.4 Å². The van der Waals surface area contributed by atoms with Gasteiger partial charge in [-0.25, -0.2) is 4.99 Å². The van der Waals surface area contributed by atoms with Crippen LogP contribution in [0.5, 0.6) is 5.75 Å². The summed E-state index contributed by atoms with van der Waals surface area (Å²) in [5.74, 6) is 1.77. The lowest BCUT2D eigenvalue weighted by molar-refractivity contribution is 0.267. The monoisotopic (exact) mass is 318 g/mol. The molecule has 0 aromatic heterocycles. The van der Waals surface area contributed by atoms with E-state index >= 15 is 0 Å². The fourth-order valence-corrected chi connectivity index (χ4v) is 3.10. The Morgan fingerprint density at radius 1 is 1.30 bits per heavy atom. The second-order valence-electron chi connectivity index (χ2n) is 5.81. The molecule has 1 heterocycles. The molecule has 1 aliphatic heterocycles. The molecule has 1 aromatic carbocycles. The van der Waals surface area contributed by atoms with Crippen LogP contribution in [-0.2, 0) is 6.54 Å². The summed E-state index contributed by atoms with van der Waals surface area (Å²) in [5.41, 5.74) is 1.10. The molecule has 0 amide bonds. The zero-order chi connectivity index (χ0) is 16.5. The molecule has 128 valence electrons. The van der Waals surface area contributed by atoms with Gasteiger partial charge in [-0.1, -0.05) is 25.1 Å². The van der Waals surface area contributed by atoms with E-state index in [9.17, 15) is 0 Å². The van der Waals surface area contributed by atoms with Gasteiger partial charge in [-0.05, 0) is 38.9 Å². The van der Waals surface area contributed by atoms with E-state index in [4.69, 9.17) is 9.73 Å². The number of para-hydroxylation sites is 1. The maximum atomic E-state index is 5.39. The highest BCUT2D eigenvalue weighted by Crippen LogP contribution is 2.18. The number of hydrogen-bond donors (Lipinski definition) is 2. The highest BCUT2D eigenvalue weighted by Gasteiger charge is 2.22. The summed E-state index contributed by atoms with van der Waals surface area (Å²) in [6.45, 7) is 9.10. The second-order valence-corrected chi connectivity index (χ2v) is 5.81. The Morgan fingerprint density at radius 3 is 2.87 bits per heavy atom. The molecule has 0 aliphatic carbocycles. The van der Waals surface area contributed by atoms with E-state index in [0.29, 0.717) is 12.6 Å². The first-order valence-corrected chi connectivity index (χ1v) is 8.66. The average molecular weight is 318 g/mol. The maximum absolute atomic E-state index is 5.39. The molecule has 1 atom stereocenters. The zero-order valence-corrected chi connectivity index (χ0v) is 14.6. The number of likely N-dealkylation sites (N-methyl/N-ethyl adjacent to an activating group) is 1. The van der Waals surface area contributed by atoms with E-state index in [2.05, 4.69) is 35.4 Å². The molecular formula is C18H30N4O. The van der Waals surface area contributed by atoms with Gasteiger partial charge in [-0.3, -0.25) is 4.90 Å². The Bertz CT molecular complexity index is 504. The van der Waals surface area contributed by atoms with Crippen LogP contribution in [0, 0.1) is 0 Å². The third kappa shape index (κ3) is 5.13. The Balaban J connectivity index is 1.94. The zero-order valence-electron chi connectivity index (χ0n) is 14.6. The summed E-state index contributed by atoms with van der Waals surface area (Å²) in [5, 5.41) is 6.82. The van der Waals surface area contributed by atoms with Gasteiger partial charge in [-0.15, -0.1) is 0 Å². The van der Waals surface area contributed by atoms with Crippen LogP contribution in [0.1, 0.15) is 32.3 Å². The number of nitrogens with one attached hydrogen (secondary N) is 2. The van der Waals surface area contributed by atoms with Gasteiger partial charge in [0.1, 0.15) is 5.75 Å². The van der Waals surface area contributed by atoms with Gasteiger partial charge in [0.25, 0.3) is 0 Å². The third-order valence-electron chi connectivity index (χ3n) is 4.35. The predicted molar refractivity (Wildman–Crippen MR) is 96.1 cm³/mol. The fourth-order valence-electron chi connectivity index (χ4n) is 3.10. The smallest absolute Gasteiger partial charge is 0.191 e. The van der Waals surface area contributed by atoms with E-state index in [1.54, 1.807) is 7.11 Å². The van der Waals surface area contributed by atoms with Crippen molar-refractivity contribution in [2.45, 2.75) is 39.3 Å². The number of guanidine groups is 1. The predicted octanol–water partition coefficient (Wildman–Crippen LogP) is 2.23. The molecular weight excluding hydrogens is 288 g/mol. The lowest BCUT2D eigenvalue weighted by atomic mass is 10.2. The molecule has 5 heteroatoms. The quantitative estimate of drug-likeness (QED) is 0.598. The number of ether oxygens (including phenoxy) is 1. The van der Waals surface area contributed by atoms with Crippen LogP contribution >= 0.6 is 0 Å². The normalized spacial score (nSPS) is 18.9. The lowest BCUT2D eigenvalue weighted by Crippen LogP contribution is -2.44. The summed E-state index contributed by atoms with van der Waals surface area (Å²) < 4.78 is 5.39. The number of hydrogen-bond acceptors (Lipinski definition) is 3. The van der Waals surface area contributed by atoms with Gasteiger partial charge < -0.3 is 15.4 Å². The highest BCUT2D eigenvalue weighted by atomic mass is 16.5. The minimum atomic E-state index is 0.613. The molecule has 1 aliphatic rings. The van der Waals surface area contributed by atoms with Crippen molar-refractivity contribution in [3.8, 4) is 5.75 Å². The Labute approximate surface area is 140 Å². The second kappa shape index (κ2) is 9.40. The van der Waals surface area contributed by atoms with Crippen LogP contribution in [-0.4, -0.2) is 50.2 Å². The molecule has 5 nitrogen and oxygen atoms in total. The van der Waals surface area contributed by atoms with Crippen LogP contribution in [0.4, 0.5) is 0 Å². The van der Waals surface area contributed by atoms with Crippen LogP contribution in [0.15, 0.2) is 29.3 Å². The van der Waals surface area contributed by atoms with Crippen molar-refractivity contribution in [3.05, 3.63) is 29.8 Å². The maximum Gasteiger partial charge on any atom is 0.191 e. The standard InChI is InChI=1S/C18H30N4O/c1-4-19-18(21-14-16-10-8-12-22(16)5-2)20-13-15-9-6-7-11-17(15)23-3/h6-7,9,11,16H,4-5,8,10,12-14H2,1-3H3,(H2,19,20,21). The van der Waals surface area contributed by atoms with Crippen molar-refractivity contribution in [2.24, 2.45) is 4.99 Å². The van der Waals surface area contributed by atoms with Crippen LogP contribution in [0.3, 0.4) is 0 Å². The van der Waals surface area contributed by atoms with Gasteiger partial charge in [0.05, 0.1) is 13.7 Å². The molecule has 1 aromatic rings. The Kier molecular flexibility index (Phi) is 7.20. The van der Waals surface area contributed by atoms with E-state index in [0.717, 1.165) is 36.9 Å². The van der Waals surface area contributed by atoms with Crippen LogP contribution in [0.25, 0.3) is 0 Å². The van der Waals surface area contributed by atoms with E-state index in [1.807, 2.05) is 18.2 Å². The van der Waals surface area contributed by atoms with Crippen molar-refractivity contribution in [1.82, 2.24) is 15.5 Å². The third-order valence-corrected chi connectivity index (χ3v) is 4.35. The molecule has 0 saturated carbocycles. The summed E-state index contributed by atoms with van der Waals surface area (Å²) in [6, 6.07) is 8.65. The Morgan fingerprint density at radius 2 is 2.13 bits per heavy atom. The molecule has 2 rings (SSSR count). The lowest BCUT2D eigenvalue weighted by Gasteiger charge is -2.24. The summed E-state index contributed by atoms with van der Waals surface area (Å²) >= 11 is 0.